The zero-order valence-corrected chi connectivity index (χ0v) is 18.5. The predicted molar refractivity (Wildman–Crippen MR) is 116 cm³/mol. The number of hydrogen-bond acceptors (Lipinski definition) is 9. The van der Waals surface area contributed by atoms with Crippen molar-refractivity contribution in [2.24, 2.45) is 0 Å². The highest BCUT2D eigenvalue weighted by Gasteiger charge is 2.28. The Balaban J connectivity index is 1.75. The number of methoxy groups -OCH3 is 2. The highest BCUT2D eigenvalue weighted by Crippen LogP contribution is 2.42. The summed E-state index contributed by atoms with van der Waals surface area (Å²) in [6.45, 7) is 3.93. The van der Waals surface area contributed by atoms with Crippen molar-refractivity contribution in [3.8, 4) is 11.5 Å². The van der Waals surface area contributed by atoms with Gasteiger partial charge < -0.3 is 24.4 Å². The van der Waals surface area contributed by atoms with E-state index in [9.17, 15) is 4.79 Å². The van der Waals surface area contributed by atoms with Crippen LogP contribution in [0.15, 0.2) is 12.1 Å². The molecule has 0 atom stereocenters. The molecule has 0 fully saturated rings. The molecule has 0 saturated heterocycles. The van der Waals surface area contributed by atoms with Crippen LogP contribution in [0, 0.1) is 0 Å². The summed E-state index contributed by atoms with van der Waals surface area (Å²) in [6.07, 6.45) is 0.836. The van der Waals surface area contributed by atoms with Gasteiger partial charge in [0.15, 0.2) is 5.13 Å². The molecule has 0 spiro atoms. The van der Waals surface area contributed by atoms with E-state index in [-0.39, 0.29) is 5.97 Å². The molecular formula is C20H23N3O4S2. The SMILES string of the molecule is CCOC(=O)c1c(Nc2nc3c(OC)cc(OC)cc3s2)sc2c1CCN(C)C2. The van der Waals surface area contributed by atoms with Gasteiger partial charge in [0.1, 0.15) is 22.0 Å². The highest BCUT2D eigenvalue weighted by atomic mass is 32.1. The van der Waals surface area contributed by atoms with Gasteiger partial charge in [0.25, 0.3) is 0 Å². The smallest absolute Gasteiger partial charge is 0.341 e. The minimum absolute atomic E-state index is 0.280. The van der Waals surface area contributed by atoms with Crippen LogP contribution in [0.1, 0.15) is 27.7 Å². The van der Waals surface area contributed by atoms with Crippen molar-refractivity contribution in [2.45, 2.75) is 19.9 Å². The second-order valence-electron chi connectivity index (χ2n) is 6.74. The summed E-state index contributed by atoms with van der Waals surface area (Å²) in [6, 6.07) is 3.75. The Labute approximate surface area is 177 Å². The van der Waals surface area contributed by atoms with Gasteiger partial charge >= 0.3 is 5.97 Å². The van der Waals surface area contributed by atoms with Crippen LogP contribution in [-0.2, 0) is 17.7 Å². The lowest BCUT2D eigenvalue weighted by Gasteiger charge is -2.22. The number of thiophene rings is 1. The van der Waals surface area contributed by atoms with Crippen molar-refractivity contribution in [1.29, 1.82) is 0 Å². The van der Waals surface area contributed by atoms with Crippen LogP contribution in [0.3, 0.4) is 0 Å². The third-order valence-corrected chi connectivity index (χ3v) is 6.89. The maximum Gasteiger partial charge on any atom is 0.341 e. The summed E-state index contributed by atoms with van der Waals surface area (Å²) >= 11 is 3.09. The van der Waals surface area contributed by atoms with Gasteiger partial charge in [0, 0.05) is 24.0 Å². The Morgan fingerprint density at radius 1 is 1.28 bits per heavy atom. The largest absolute Gasteiger partial charge is 0.497 e. The molecule has 1 aromatic carbocycles. The normalized spacial score (nSPS) is 13.9. The fourth-order valence-corrected chi connectivity index (χ4v) is 5.73. The molecule has 2 aromatic heterocycles. The number of thiazole rings is 1. The molecule has 0 unspecified atom stereocenters. The maximum absolute atomic E-state index is 12.7. The summed E-state index contributed by atoms with van der Waals surface area (Å²) in [7, 11) is 5.33. The van der Waals surface area contributed by atoms with Crippen molar-refractivity contribution in [2.75, 3.05) is 39.7 Å². The Kier molecular flexibility index (Phi) is 5.62. The summed E-state index contributed by atoms with van der Waals surface area (Å²) in [5.41, 5.74) is 2.50. The average Bonchev–Trinajstić information content (AvgIpc) is 3.27. The van der Waals surface area contributed by atoms with Crippen molar-refractivity contribution in [3.05, 3.63) is 28.1 Å². The second kappa shape index (κ2) is 8.17. The van der Waals surface area contributed by atoms with E-state index in [4.69, 9.17) is 19.2 Å². The molecule has 1 N–H and O–H groups in total. The topological polar surface area (TPSA) is 72.9 Å². The van der Waals surface area contributed by atoms with E-state index in [1.54, 1.807) is 25.6 Å². The van der Waals surface area contributed by atoms with Crippen LogP contribution < -0.4 is 14.8 Å². The van der Waals surface area contributed by atoms with Crippen LogP contribution in [-0.4, -0.2) is 50.3 Å². The van der Waals surface area contributed by atoms with Crippen molar-refractivity contribution in [1.82, 2.24) is 9.88 Å². The van der Waals surface area contributed by atoms with Gasteiger partial charge in [0.05, 0.1) is 31.1 Å². The number of hydrogen-bond donors (Lipinski definition) is 1. The van der Waals surface area contributed by atoms with Crippen LogP contribution in [0.4, 0.5) is 10.1 Å². The molecule has 9 heteroatoms. The zero-order chi connectivity index (χ0) is 20.5. The molecule has 154 valence electrons. The molecule has 29 heavy (non-hydrogen) atoms. The summed E-state index contributed by atoms with van der Waals surface area (Å²) < 4.78 is 17.1. The fourth-order valence-electron chi connectivity index (χ4n) is 3.44. The highest BCUT2D eigenvalue weighted by molar-refractivity contribution is 7.23. The number of anilines is 2. The Hall–Kier alpha value is -2.36. The van der Waals surface area contributed by atoms with Crippen molar-refractivity contribution >= 4 is 49.0 Å². The van der Waals surface area contributed by atoms with Gasteiger partial charge in [-0.1, -0.05) is 11.3 Å². The van der Waals surface area contributed by atoms with E-state index >= 15 is 0 Å². The minimum atomic E-state index is -0.280. The summed E-state index contributed by atoms with van der Waals surface area (Å²) in [4.78, 5) is 20.9. The monoisotopic (exact) mass is 433 g/mol. The first-order chi connectivity index (χ1) is 14.0. The Bertz CT molecular complexity index is 1060. The third-order valence-electron chi connectivity index (χ3n) is 4.84. The average molecular weight is 434 g/mol. The second-order valence-corrected chi connectivity index (χ2v) is 8.87. The predicted octanol–water partition coefficient (Wildman–Crippen LogP) is 4.28. The van der Waals surface area contributed by atoms with E-state index in [0.717, 1.165) is 40.3 Å². The van der Waals surface area contributed by atoms with Gasteiger partial charge in [-0.05, 0) is 32.0 Å². The molecule has 1 aliphatic rings. The lowest BCUT2D eigenvalue weighted by Crippen LogP contribution is -2.26. The quantitative estimate of drug-likeness (QED) is 0.582. The lowest BCUT2D eigenvalue weighted by atomic mass is 10.0. The molecule has 3 aromatic rings. The number of benzene rings is 1. The maximum atomic E-state index is 12.7. The number of aromatic nitrogens is 1. The number of fused-ring (bicyclic) bond motifs is 2. The zero-order valence-electron chi connectivity index (χ0n) is 16.8. The molecule has 1 aliphatic heterocycles. The number of carbonyl (C=O) groups excluding carboxylic acids is 1. The Morgan fingerprint density at radius 3 is 2.83 bits per heavy atom. The number of nitrogens with zero attached hydrogens (tertiary/aromatic N) is 2. The number of rotatable bonds is 6. The first-order valence-electron chi connectivity index (χ1n) is 9.33. The molecule has 0 saturated carbocycles. The lowest BCUT2D eigenvalue weighted by molar-refractivity contribution is 0.0526. The van der Waals surface area contributed by atoms with Gasteiger partial charge in [-0.25, -0.2) is 9.78 Å². The molecule has 0 bridgehead atoms. The number of likely N-dealkylation sites (N-methyl/N-ethyl adjacent to an activating group) is 1. The van der Waals surface area contributed by atoms with Gasteiger partial charge in [0.2, 0.25) is 0 Å². The standard InChI is InChI=1S/C20H23N3O4S2/c1-5-27-19(24)16-12-6-7-23(2)10-15(12)28-18(16)22-20-21-17-13(26-4)8-11(25-3)9-14(17)29-20/h8-9H,5-7,10H2,1-4H3,(H,21,22). The number of carbonyl (C=O) groups is 1. The molecule has 7 nitrogen and oxygen atoms in total. The van der Waals surface area contributed by atoms with Gasteiger partial charge in [-0.15, -0.1) is 11.3 Å². The Morgan fingerprint density at radius 2 is 2.10 bits per heavy atom. The van der Waals surface area contributed by atoms with Crippen molar-refractivity contribution < 1.29 is 19.0 Å². The van der Waals surface area contributed by atoms with Crippen LogP contribution in [0.2, 0.25) is 0 Å². The molecule has 0 amide bonds. The first kappa shape index (κ1) is 19.9. The van der Waals surface area contributed by atoms with Crippen molar-refractivity contribution in [3.63, 3.8) is 0 Å². The first-order valence-corrected chi connectivity index (χ1v) is 11.0. The molecule has 0 aliphatic carbocycles. The molecule has 4 rings (SSSR count). The van der Waals surface area contributed by atoms with E-state index in [1.165, 1.54) is 16.2 Å². The van der Waals surface area contributed by atoms with E-state index in [2.05, 4.69) is 17.3 Å². The number of nitrogens with one attached hydrogen (secondary N) is 1. The third kappa shape index (κ3) is 3.77. The molecular weight excluding hydrogens is 410 g/mol. The van der Waals surface area contributed by atoms with Crippen LogP contribution >= 0.6 is 22.7 Å². The van der Waals surface area contributed by atoms with E-state index < -0.39 is 0 Å². The van der Waals surface area contributed by atoms with Gasteiger partial charge in [-0.2, -0.15) is 0 Å². The number of esters is 1. The van der Waals surface area contributed by atoms with Crippen LogP contribution in [0.25, 0.3) is 10.2 Å². The number of ether oxygens (including phenoxy) is 3. The summed E-state index contributed by atoms with van der Waals surface area (Å²) in [5.74, 6) is 1.09. The molecule has 0 radical (unpaired) electrons. The van der Waals surface area contributed by atoms with E-state index in [0.29, 0.717) is 28.8 Å². The molecule has 3 heterocycles. The van der Waals surface area contributed by atoms with Crippen LogP contribution in [0.5, 0.6) is 11.5 Å². The summed E-state index contributed by atoms with van der Waals surface area (Å²) in [5, 5.41) is 4.86. The van der Waals surface area contributed by atoms with Gasteiger partial charge in [-0.3, -0.25) is 0 Å². The minimum Gasteiger partial charge on any atom is -0.497 e. The fraction of sp³-hybridized carbons (Fsp3) is 0.400. The van der Waals surface area contributed by atoms with E-state index in [1.807, 2.05) is 19.1 Å².